The first-order valence-corrected chi connectivity index (χ1v) is 10.9. The minimum atomic E-state index is -0.698. The highest BCUT2D eigenvalue weighted by molar-refractivity contribution is 7.18. The van der Waals surface area contributed by atoms with Crippen LogP contribution in [0.2, 0.25) is 0 Å². The smallest absolute Gasteiger partial charge is 0.341 e. The molecule has 0 saturated carbocycles. The lowest BCUT2D eigenvalue weighted by molar-refractivity contribution is 0.0506. The first kappa shape index (κ1) is 23.9. The molecule has 174 valence electrons. The van der Waals surface area contributed by atoms with Gasteiger partial charge in [0.05, 0.1) is 24.2 Å². The summed E-state index contributed by atoms with van der Waals surface area (Å²) in [5, 5.41) is 2.78. The number of furan rings is 1. The zero-order valence-corrected chi connectivity index (χ0v) is 19.2. The van der Waals surface area contributed by atoms with E-state index in [9.17, 15) is 14.4 Å². The molecule has 3 aromatic rings. The second-order valence-electron chi connectivity index (χ2n) is 6.92. The van der Waals surface area contributed by atoms with Gasteiger partial charge in [-0.25, -0.2) is 4.79 Å². The van der Waals surface area contributed by atoms with E-state index in [1.165, 1.54) is 6.07 Å². The van der Waals surface area contributed by atoms with E-state index in [0.717, 1.165) is 11.3 Å². The van der Waals surface area contributed by atoms with Crippen molar-refractivity contribution in [3.8, 4) is 11.5 Å². The van der Waals surface area contributed by atoms with Crippen LogP contribution >= 0.6 is 11.3 Å². The van der Waals surface area contributed by atoms with Crippen LogP contribution in [0.3, 0.4) is 0 Å². The molecule has 3 rings (SSSR count). The number of anilines is 1. The molecular formula is C23H24N2O7S. The van der Waals surface area contributed by atoms with Gasteiger partial charge in [-0.1, -0.05) is 19.1 Å². The molecule has 0 unspecified atom stereocenters. The summed E-state index contributed by atoms with van der Waals surface area (Å²) in [7, 11) is 1.54. The number of esters is 1. The minimum Gasteiger partial charge on any atom is -0.493 e. The van der Waals surface area contributed by atoms with Gasteiger partial charge in [-0.3, -0.25) is 9.59 Å². The van der Waals surface area contributed by atoms with E-state index < -0.39 is 17.8 Å². The summed E-state index contributed by atoms with van der Waals surface area (Å²) in [6.45, 7) is 3.72. The van der Waals surface area contributed by atoms with Crippen molar-refractivity contribution in [1.82, 2.24) is 0 Å². The molecule has 33 heavy (non-hydrogen) atoms. The molecule has 0 radical (unpaired) electrons. The van der Waals surface area contributed by atoms with Crippen LogP contribution in [0.5, 0.6) is 11.5 Å². The molecule has 0 aliphatic heterocycles. The zero-order valence-electron chi connectivity index (χ0n) is 18.4. The summed E-state index contributed by atoms with van der Waals surface area (Å²) in [4.78, 5) is 37.2. The maximum atomic E-state index is 12.8. The summed E-state index contributed by atoms with van der Waals surface area (Å²) in [5.41, 5.74) is 5.86. The molecule has 0 saturated heterocycles. The quantitative estimate of drug-likeness (QED) is 0.424. The Bertz CT molecular complexity index is 1170. The van der Waals surface area contributed by atoms with Crippen molar-refractivity contribution in [3.05, 3.63) is 63.9 Å². The largest absolute Gasteiger partial charge is 0.493 e. The van der Waals surface area contributed by atoms with Gasteiger partial charge in [-0.05, 0) is 43.2 Å². The van der Waals surface area contributed by atoms with Crippen molar-refractivity contribution < 1.29 is 33.0 Å². The molecular weight excluding hydrogens is 448 g/mol. The maximum Gasteiger partial charge on any atom is 0.341 e. The van der Waals surface area contributed by atoms with Gasteiger partial charge >= 0.3 is 5.97 Å². The highest BCUT2D eigenvalue weighted by atomic mass is 32.1. The van der Waals surface area contributed by atoms with Crippen molar-refractivity contribution in [2.75, 3.05) is 19.0 Å². The van der Waals surface area contributed by atoms with Gasteiger partial charge in [0.25, 0.3) is 11.8 Å². The number of rotatable bonds is 10. The van der Waals surface area contributed by atoms with Crippen LogP contribution in [0.25, 0.3) is 0 Å². The normalized spacial score (nSPS) is 10.5. The average molecular weight is 473 g/mol. The highest BCUT2D eigenvalue weighted by Gasteiger charge is 2.26. The van der Waals surface area contributed by atoms with Crippen LogP contribution < -0.4 is 20.5 Å². The number of carbonyl (C=O) groups is 3. The number of carbonyl (C=O) groups excluding carboxylic acids is 3. The minimum absolute atomic E-state index is 0.00757. The molecule has 1 aromatic carbocycles. The molecule has 9 nitrogen and oxygen atoms in total. The zero-order chi connectivity index (χ0) is 24.0. The Kier molecular flexibility index (Phi) is 7.73. The van der Waals surface area contributed by atoms with Gasteiger partial charge in [-0.2, -0.15) is 0 Å². The lowest BCUT2D eigenvalue weighted by Gasteiger charge is -2.09. The number of para-hydroxylation sites is 2. The van der Waals surface area contributed by atoms with Crippen LogP contribution in [-0.4, -0.2) is 31.5 Å². The molecule has 0 bridgehead atoms. The molecule has 2 aromatic heterocycles. The lowest BCUT2D eigenvalue weighted by Crippen LogP contribution is -2.15. The fraction of sp³-hybridized carbons (Fsp3) is 0.261. The van der Waals surface area contributed by atoms with Crippen molar-refractivity contribution in [3.63, 3.8) is 0 Å². The molecule has 0 spiro atoms. The lowest BCUT2D eigenvalue weighted by atomic mass is 10.1. The molecule has 0 aliphatic carbocycles. The van der Waals surface area contributed by atoms with Crippen molar-refractivity contribution in [2.45, 2.75) is 26.9 Å². The number of ether oxygens (including phenoxy) is 3. The Morgan fingerprint density at radius 1 is 1.12 bits per heavy atom. The standard InChI is InChI=1S/C23H24N2O7S/c1-4-11-30-23(28)18-13(2)19(20(24)26)33-22(18)25-21(27)17-10-9-14(32-17)12-31-16-8-6-5-7-15(16)29-3/h5-10H,4,11-12H2,1-3H3,(H2,24,26)(H,25,27). The second kappa shape index (κ2) is 10.7. The van der Waals surface area contributed by atoms with Gasteiger partial charge in [-0.15, -0.1) is 11.3 Å². The fourth-order valence-corrected chi connectivity index (χ4v) is 4.02. The van der Waals surface area contributed by atoms with Gasteiger partial charge in [0, 0.05) is 0 Å². The van der Waals surface area contributed by atoms with Crippen LogP contribution in [-0.2, 0) is 11.3 Å². The summed E-state index contributed by atoms with van der Waals surface area (Å²) >= 11 is 0.910. The van der Waals surface area contributed by atoms with E-state index >= 15 is 0 Å². The Morgan fingerprint density at radius 3 is 2.52 bits per heavy atom. The van der Waals surface area contributed by atoms with E-state index in [0.29, 0.717) is 29.2 Å². The van der Waals surface area contributed by atoms with E-state index in [1.807, 2.05) is 19.1 Å². The number of hydrogen-bond donors (Lipinski definition) is 2. The van der Waals surface area contributed by atoms with Crippen molar-refractivity contribution >= 4 is 34.1 Å². The van der Waals surface area contributed by atoms with Crippen LogP contribution in [0.1, 0.15) is 55.3 Å². The van der Waals surface area contributed by atoms with Gasteiger partial charge in [0.15, 0.2) is 17.3 Å². The second-order valence-corrected chi connectivity index (χ2v) is 7.94. The van der Waals surface area contributed by atoms with Gasteiger partial charge in [0.2, 0.25) is 0 Å². The Morgan fingerprint density at radius 2 is 1.85 bits per heavy atom. The van der Waals surface area contributed by atoms with E-state index in [4.69, 9.17) is 24.4 Å². The first-order valence-electron chi connectivity index (χ1n) is 10.1. The Labute approximate surface area is 194 Å². The van der Waals surface area contributed by atoms with Gasteiger partial charge < -0.3 is 29.7 Å². The third kappa shape index (κ3) is 5.53. The van der Waals surface area contributed by atoms with E-state index in [2.05, 4.69) is 5.32 Å². The topological polar surface area (TPSA) is 130 Å². The van der Waals surface area contributed by atoms with Gasteiger partial charge in [0.1, 0.15) is 17.4 Å². The first-order chi connectivity index (χ1) is 15.8. The number of nitrogens with one attached hydrogen (secondary N) is 1. The molecule has 3 N–H and O–H groups in total. The molecule has 0 fully saturated rings. The maximum absolute atomic E-state index is 12.8. The third-order valence-electron chi connectivity index (χ3n) is 4.56. The Balaban J connectivity index is 1.75. The number of thiophene rings is 1. The number of methoxy groups -OCH3 is 1. The molecule has 2 amide bonds. The predicted molar refractivity (Wildman–Crippen MR) is 122 cm³/mol. The van der Waals surface area contributed by atoms with Crippen molar-refractivity contribution in [2.24, 2.45) is 5.73 Å². The number of hydrogen-bond acceptors (Lipinski definition) is 8. The predicted octanol–water partition coefficient (Wildman–Crippen LogP) is 4.16. The molecule has 0 aliphatic rings. The SMILES string of the molecule is CCCOC(=O)c1c(NC(=O)c2ccc(COc3ccccc3OC)o2)sc(C(N)=O)c1C. The summed E-state index contributed by atoms with van der Waals surface area (Å²) in [5.74, 6) is -0.411. The fourth-order valence-electron chi connectivity index (χ4n) is 2.98. The van der Waals surface area contributed by atoms with Crippen LogP contribution in [0, 0.1) is 6.92 Å². The number of primary amides is 1. The summed E-state index contributed by atoms with van der Waals surface area (Å²) < 4.78 is 21.7. The van der Waals surface area contributed by atoms with Crippen LogP contribution in [0.4, 0.5) is 5.00 Å². The third-order valence-corrected chi connectivity index (χ3v) is 5.79. The number of benzene rings is 1. The van der Waals surface area contributed by atoms with E-state index in [-0.39, 0.29) is 34.4 Å². The molecule has 2 heterocycles. The average Bonchev–Trinajstić information content (AvgIpc) is 3.41. The molecule has 10 heteroatoms. The summed E-state index contributed by atoms with van der Waals surface area (Å²) in [6.07, 6.45) is 0.630. The van der Waals surface area contributed by atoms with Crippen LogP contribution in [0.15, 0.2) is 40.8 Å². The number of nitrogens with two attached hydrogens (primary N) is 1. The van der Waals surface area contributed by atoms with Crippen molar-refractivity contribution in [1.29, 1.82) is 0 Å². The number of amides is 2. The van der Waals surface area contributed by atoms with E-state index in [1.54, 1.807) is 32.2 Å². The highest BCUT2D eigenvalue weighted by Crippen LogP contribution is 2.34. The summed E-state index contributed by atoms with van der Waals surface area (Å²) in [6, 6.07) is 10.2. The monoisotopic (exact) mass is 472 g/mol. The molecule has 0 atom stereocenters. The Hall–Kier alpha value is -3.79.